The quantitative estimate of drug-likeness (QED) is 0.457. The van der Waals surface area contributed by atoms with E-state index in [-0.39, 0.29) is 5.69 Å². The highest BCUT2D eigenvalue weighted by molar-refractivity contribution is 7.98. The van der Waals surface area contributed by atoms with Crippen molar-refractivity contribution in [3.63, 3.8) is 0 Å². The maximum atomic E-state index is 11.1. The van der Waals surface area contributed by atoms with Crippen molar-refractivity contribution in [2.75, 3.05) is 7.11 Å². The Kier molecular flexibility index (Phi) is 5.68. The predicted molar refractivity (Wildman–Crippen MR) is 87.1 cm³/mol. The van der Waals surface area contributed by atoms with E-state index in [1.807, 2.05) is 13.0 Å². The van der Waals surface area contributed by atoms with Gasteiger partial charge in [-0.3, -0.25) is 10.1 Å². The van der Waals surface area contributed by atoms with Crippen LogP contribution in [0.3, 0.4) is 0 Å². The van der Waals surface area contributed by atoms with Crippen molar-refractivity contribution in [1.82, 2.24) is 4.98 Å². The standard InChI is InChI=1S/C16H15N3O3S/c1-11-7-13(9-22-2)14(8-17)16(18-11)23-10-12-5-3-4-6-15(12)19(20)21/h3-7H,9-10H2,1-2H3. The molecule has 6 nitrogen and oxygen atoms in total. The van der Waals surface area contributed by atoms with Crippen molar-refractivity contribution in [3.05, 3.63) is 62.8 Å². The highest BCUT2D eigenvalue weighted by Crippen LogP contribution is 2.30. The molecule has 2 aromatic rings. The van der Waals surface area contributed by atoms with E-state index in [1.54, 1.807) is 25.3 Å². The molecule has 23 heavy (non-hydrogen) atoms. The molecule has 0 saturated carbocycles. The minimum atomic E-state index is -0.402. The van der Waals surface area contributed by atoms with Crippen LogP contribution < -0.4 is 0 Å². The van der Waals surface area contributed by atoms with Crippen LogP contribution in [0.1, 0.15) is 22.4 Å². The second kappa shape index (κ2) is 7.72. The smallest absolute Gasteiger partial charge is 0.273 e. The Morgan fingerprint density at radius 3 is 2.78 bits per heavy atom. The molecule has 1 aromatic carbocycles. The molecular weight excluding hydrogens is 314 g/mol. The lowest BCUT2D eigenvalue weighted by Gasteiger charge is -2.10. The van der Waals surface area contributed by atoms with Gasteiger partial charge < -0.3 is 4.74 Å². The maximum Gasteiger partial charge on any atom is 0.273 e. The van der Waals surface area contributed by atoms with Gasteiger partial charge in [0.1, 0.15) is 11.1 Å². The average Bonchev–Trinajstić information content (AvgIpc) is 2.53. The molecule has 0 atom stereocenters. The lowest BCUT2D eigenvalue weighted by atomic mass is 10.1. The zero-order valence-corrected chi connectivity index (χ0v) is 13.6. The first-order valence-electron chi connectivity index (χ1n) is 6.81. The van der Waals surface area contributed by atoms with Crippen molar-refractivity contribution in [2.24, 2.45) is 0 Å². The zero-order valence-electron chi connectivity index (χ0n) is 12.8. The minimum Gasteiger partial charge on any atom is -0.380 e. The van der Waals surface area contributed by atoms with Crippen LogP contribution in [0, 0.1) is 28.4 Å². The number of nitro benzene ring substituents is 1. The van der Waals surface area contributed by atoms with Gasteiger partial charge in [0.25, 0.3) is 5.69 Å². The van der Waals surface area contributed by atoms with Crippen LogP contribution >= 0.6 is 11.8 Å². The molecule has 0 aliphatic rings. The largest absolute Gasteiger partial charge is 0.380 e. The predicted octanol–water partition coefficient (Wildman–Crippen LogP) is 3.61. The van der Waals surface area contributed by atoms with Crippen LogP contribution in [0.15, 0.2) is 35.4 Å². The van der Waals surface area contributed by atoms with Crippen molar-refractivity contribution in [1.29, 1.82) is 5.26 Å². The molecule has 0 fully saturated rings. The Hall–Kier alpha value is -2.43. The number of para-hydroxylation sites is 1. The molecule has 0 amide bonds. The molecule has 7 heteroatoms. The van der Waals surface area contributed by atoms with Crippen LogP contribution in [-0.2, 0) is 17.1 Å². The third-order valence-corrected chi connectivity index (χ3v) is 4.18. The van der Waals surface area contributed by atoms with Gasteiger partial charge in [-0.2, -0.15) is 5.26 Å². The molecule has 0 aliphatic carbocycles. The molecule has 118 valence electrons. The molecule has 0 radical (unpaired) electrons. The highest BCUT2D eigenvalue weighted by atomic mass is 32.2. The zero-order chi connectivity index (χ0) is 16.8. The number of hydrogen-bond donors (Lipinski definition) is 0. The van der Waals surface area contributed by atoms with Crippen molar-refractivity contribution < 1.29 is 9.66 Å². The number of hydrogen-bond acceptors (Lipinski definition) is 6. The monoisotopic (exact) mass is 329 g/mol. The summed E-state index contributed by atoms with van der Waals surface area (Å²) in [4.78, 5) is 15.1. The number of nitriles is 1. The van der Waals surface area contributed by atoms with E-state index >= 15 is 0 Å². The number of aryl methyl sites for hydroxylation is 1. The molecule has 0 bridgehead atoms. The fourth-order valence-electron chi connectivity index (χ4n) is 2.16. The number of nitrogens with zero attached hydrogens (tertiary/aromatic N) is 3. The van der Waals surface area contributed by atoms with Crippen LogP contribution in [-0.4, -0.2) is 17.0 Å². The van der Waals surface area contributed by atoms with E-state index in [2.05, 4.69) is 11.1 Å². The van der Waals surface area contributed by atoms with E-state index < -0.39 is 4.92 Å². The van der Waals surface area contributed by atoms with Crippen LogP contribution in [0.5, 0.6) is 0 Å². The Morgan fingerprint density at radius 2 is 2.13 bits per heavy atom. The van der Waals surface area contributed by atoms with Gasteiger partial charge in [0, 0.05) is 30.2 Å². The number of pyridine rings is 1. The third kappa shape index (κ3) is 4.06. The Labute approximate surface area is 138 Å². The summed E-state index contributed by atoms with van der Waals surface area (Å²) in [6.07, 6.45) is 0. The van der Waals surface area contributed by atoms with E-state index in [0.717, 1.165) is 11.3 Å². The average molecular weight is 329 g/mol. The topological polar surface area (TPSA) is 89.1 Å². The van der Waals surface area contributed by atoms with Gasteiger partial charge in [-0.25, -0.2) is 4.98 Å². The second-order valence-electron chi connectivity index (χ2n) is 4.82. The number of benzene rings is 1. The molecule has 1 aromatic heterocycles. The molecule has 2 rings (SSSR count). The van der Waals surface area contributed by atoms with Gasteiger partial charge in [-0.15, -0.1) is 11.8 Å². The van der Waals surface area contributed by atoms with Crippen molar-refractivity contribution >= 4 is 17.4 Å². The van der Waals surface area contributed by atoms with Crippen LogP contribution in [0.25, 0.3) is 0 Å². The number of aromatic nitrogens is 1. The van der Waals surface area contributed by atoms with Gasteiger partial charge in [-0.05, 0) is 18.6 Å². The van der Waals surface area contributed by atoms with E-state index in [0.29, 0.717) is 28.5 Å². The summed E-state index contributed by atoms with van der Waals surface area (Å²) in [6.45, 7) is 2.17. The summed E-state index contributed by atoms with van der Waals surface area (Å²) < 4.78 is 5.12. The number of nitro groups is 1. The van der Waals surface area contributed by atoms with E-state index in [9.17, 15) is 15.4 Å². The van der Waals surface area contributed by atoms with Gasteiger partial charge >= 0.3 is 0 Å². The van der Waals surface area contributed by atoms with Gasteiger partial charge in [0.2, 0.25) is 0 Å². The molecule has 0 N–H and O–H groups in total. The summed E-state index contributed by atoms with van der Waals surface area (Å²) in [7, 11) is 1.57. The Bertz CT molecular complexity index is 772. The van der Waals surface area contributed by atoms with Crippen molar-refractivity contribution in [2.45, 2.75) is 24.3 Å². The lowest BCUT2D eigenvalue weighted by molar-refractivity contribution is -0.385. The normalized spacial score (nSPS) is 10.3. The maximum absolute atomic E-state index is 11.1. The summed E-state index contributed by atoms with van der Waals surface area (Å²) in [5.41, 5.74) is 2.68. The first kappa shape index (κ1) is 16.9. The summed E-state index contributed by atoms with van der Waals surface area (Å²) in [6, 6.07) is 10.5. The fraction of sp³-hybridized carbons (Fsp3) is 0.250. The van der Waals surface area contributed by atoms with E-state index in [1.165, 1.54) is 17.8 Å². The van der Waals surface area contributed by atoms with Gasteiger partial charge in [0.15, 0.2) is 0 Å². The first-order chi connectivity index (χ1) is 11.1. The summed E-state index contributed by atoms with van der Waals surface area (Å²) in [5.74, 6) is 0.370. The van der Waals surface area contributed by atoms with Gasteiger partial charge in [-0.1, -0.05) is 18.2 Å². The molecule has 0 saturated heterocycles. The molecule has 0 aliphatic heterocycles. The summed E-state index contributed by atoms with van der Waals surface area (Å²) in [5, 5.41) is 21.0. The summed E-state index contributed by atoms with van der Waals surface area (Å²) >= 11 is 1.32. The third-order valence-electron chi connectivity index (χ3n) is 3.16. The molecule has 0 unspecified atom stereocenters. The molecule has 1 heterocycles. The lowest BCUT2D eigenvalue weighted by Crippen LogP contribution is -2.00. The Balaban J connectivity index is 2.31. The SMILES string of the molecule is COCc1cc(C)nc(SCc2ccccc2[N+](=O)[O-])c1C#N. The minimum absolute atomic E-state index is 0.0725. The number of rotatable bonds is 6. The number of methoxy groups -OCH3 is 1. The van der Waals surface area contributed by atoms with E-state index in [4.69, 9.17) is 4.74 Å². The molecule has 0 spiro atoms. The number of thioether (sulfide) groups is 1. The van der Waals surface area contributed by atoms with Crippen LogP contribution in [0.4, 0.5) is 5.69 Å². The first-order valence-corrected chi connectivity index (χ1v) is 7.80. The number of ether oxygens (including phenoxy) is 1. The highest BCUT2D eigenvalue weighted by Gasteiger charge is 2.16. The van der Waals surface area contributed by atoms with Crippen LogP contribution in [0.2, 0.25) is 0 Å². The molecular formula is C16H15N3O3S. The Morgan fingerprint density at radius 1 is 1.39 bits per heavy atom. The fourth-order valence-corrected chi connectivity index (χ4v) is 3.23. The second-order valence-corrected chi connectivity index (χ2v) is 5.79. The van der Waals surface area contributed by atoms with Gasteiger partial charge in [0.05, 0.1) is 17.1 Å². The van der Waals surface area contributed by atoms with Crippen molar-refractivity contribution in [3.8, 4) is 6.07 Å².